The lowest BCUT2D eigenvalue weighted by molar-refractivity contribution is -0.427. The van der Waals surface area contributed by atoms with Crippen molar-refractivity contribution in [2.45, 2.75) is 51.4 Å². The quantitative estimate of drug-likeness (QED) is 0.134. The van der Waals surface area contributed by atoms with Crippen molar-refractivity contribution in [1.29, 1.82) is 0 Å². The molecule has 0 unspecified atom stereocenters. The van der Waals surface area contributed by atoms with Gasteiger partial charge in [0, 0.05) is 45.9 Å². The molecule has 0 fully saturated rings. The number of allylic oxidation sites excluding steroid dienone is 7. The molecule has 298 valence electrons. The van der Waals surface area contributed by atoms with Crippen LogP contribution in [-0.2, 0) is 20.4 Å². The van der Waals surface area contributed by atoms with Crippen LogP contribution in [0.1, 0.15) is 51.7 Å². The zero-order valence-corrected chi connectivity index (χ0v) is 34.4. The summed E-state index contributed by atoms with van der Waals surface area (Å²) in [5.74, 6) is -1.78. The average molecular weight is 791 g/mol. The van der Waals surface area contributed by atoms with Crippen LogP contribution in [0.2, 0.25) is 0 Å². The van der Waals surface area contributed by atoms with Gasteiger partial charge in [0.1, 0.15) is 6.54 Å². The summed E-state index contributed by atoms with van der Waals surface area (Å²) in [5.41, 5.74) is 10.3. The van der Waals surface area contributed by atoms with Crippen LogP contribution in [0.25, 0.3) is 21.5 Å². The Labute approximate surface area is 350 Å². The van der Waals surface area contributed by atoms with Crippen LogP contribution in [0.15, 0.2) is 180 Å². The molecule has 7 heteroatoms. The Kier molecular flexibility index (Phi) is 9.63. The number of anilines is 3. The van der Waals surface area contributed by atoms with Gasteiger partial charge >= 0.3 is 11.9 Å². The minimum atomic E-state index is -0.891. The molecular weight excluding hydrogens is 743 g/mol. The molecule has 2 aliphatic heterocycles. The molecular formula is C53H48N3O4+. The van der Waals surface area contributed by atoms with Crippen molar-refractivity contribution in [3.8, 4) is 0 Å². The molecule has 6 aromatic carbocycles. The van der Waals surface area contributed by atoms with Gasteiger partial charge in [-0.15, -0.1) is 0 Å². The van der Waals surface area contributed by atoms with E-state index in [1.54, 1.807) is 0 Å². The van der Waals surface area contributed by atoms with E-state index >= 15 is 0 Å². The summed E-state index contributed by atoms with van der Waals surface area (Å²) in [7, 11) is 0. The molecule has 2 N–H and O–H groups in total. The summed E-state index contributed by atoms with van der Waals surface area (Å²) in [6.07, 6.45) is 10.2. The Morgan fingerprint density at radius 1 is 0.650 bits per heavy atom. The highest BCUT2D eigenvalue weighted by Crippen LogP contribution is 2.51. The third kappa shape index (κ3) is 6.51. The third-order valence-corrected chi connectivity index (χ3v) is 12.5. The van der Waals surface area contributed by atoms with Crippen molar-refractivity contribution in [1.82, 2.24) is 0 Å². The van der Waals surface area contributed by atoms with Crippen LogP contribution in [0, 0.1) is 0 Å². The Bertz CT molecular complexity index is 2840. The highest BCUT2D eigenvalue weighted by atomic mass is 16.4. The molecule has 6 aromatic rings. The number of hydrogen-bond donors (Lipinski definition) is 2. The normalized spacial score (nSPS) is 18.0. The van der Waals surface area contributed by atoms with Gasteiger partial charge in [-0.2, -0.15) is 4.58 Å². The maximum absolute atomic E-state index is 12.4. The predicted octanol–water partition coefficient (Wildman–Crippen LogP) is 11.6. The number of benzene rings is 6. The second kappa shape index (κ2) is 15.0. The van der Waals surface area contributed by atoms with Crippen molar-refractivity contribution >= 4 is 61.9 Å². The summed E-state index contributed by atoms with van der Waals surface area (Å²) in [6.45, 7) is 8.45. The summed E-state index contributed by atoms with van der Waals surface area (Å²) in [6, 6.07) is 45.7. The second-order valence-corrected chi connectivity index (χ2v) is 16.9. The van der Waals surface area contributed by atoms with Gasteiger partial charge in [-0.3, -0.25) is 4.79 Å². The SMILES string of the molecule is CC1(C)C(/C=C/C2=C(N(c3ccccc3)c3ccccc3)C(=C/C=C3/N(CC(=O)O)c4ccc5ccccc5c4C3(C)C)/CC2)=[N+](CC(=O)O)c2ccc3ccccc3c21. The lowest BCUT2D eigenvalue weighted by Gasteiger charge is -2.29. The van der Waals surface area contributed by atoms with E-state index in [-0.39, 0.29) is 13.1 Å². The lowest BCUT2D eigenvalue weighted by atomic mass is 9.79. The number of para-hydroxylation sites is 2. The summed E-state index contributed by atoms with van der Waals surface area (Å²) >= 11 is 0. The van der Waals surface area contributed by atoms with Gasteiger partial charge in [-0.05, 0) is 107 Å². The van der Waals surface area contributed by atoms with Gasteiger partial charge in [-0.25, -0.2) is 4.79 Å². The van der Waals surface area contributed by atoms with Gasteiger partial charge in [0.25, 0.3) is 0 Å². The van der Waals surface area contributed by atoms with Gasteiger partial charge in [0.05, 0.1) is 11.1 Å². The maximum Gasteiger partial charge on any atom is 0.370 e. The first kappa shape index (κ1) is 38.5. The average Bonchev–Trinajstić information content (AvgIpc) is 3.80. The van der Waals surface area contributed by atoms with Gasteiger partial charge in [-0.1, -0.05) is 117 Å². The molecule has 0 aromatic heterocycles. The first-order valence-electron chi connectivity index (χ1n) is 20.6. The smallest absolute Gasteiger partial charge is 0.370 e. The molecule has 3 aliphatic rings. The first-order valence-corrected chi connectivity index (χ1v) is 20.6. The molecule has 0 radical (unpaired) electrons. The van der Waals surface area contributed by atoms with Crippen molar-refractivity contribution in [2.75, 3.05) is 22.9 Å². The van der Waals surface area contributed by atoms with E-state index < -0.39 is 22.8 Å². The maximum atomic E-state index is 12.4. The number of nitrogens with zero attached hydrogens (tertiary/aromatic N) is 3. The van der Waals surface area contributed by atoms with Crippen LogP contribution in [0.3, 0.4) is 0 Å². The monoisotopic (exact) mass is 790 g/mol. The fourth-order valence-corrected chi connectivity index (χ4v) is 9.93. The summed E-state index contributed by atoms with van der Waals surface area (Å²) in [5, 5.41) is 24.9. The minimum Gasteiger partial charge on any atom is -0.480 e. The Hall–Kier alpha value is -6.99. The van der Waals surface area contributed by atoms with E-state index in [4.69, 9.17) is 0 Å². The Morgan fingerprint density at radius 3 is 1.85 bits per heavy atom. The van der Waals surface area contributed by atoms with Crippen LogP contribution in [0.4, 0.5) is 22.7 Å². The number of rotatable bonds is 10. The highest BCUT2D eigenvalue weighted by molar-refractivity contribution is 6.08. The number of carboxylic acid groups (broad SMARTS) is 2. The number of aliphatic carboxylic acids is 2. The fourth-order valence-electron chi connectivity index (χ4n) is 9.93. The molecule has 1 aliphatic carbocycles. The van der Waals surface area contributed by atoms with E-state index in [0.29, 0.717) is 0 Å². The second-order valence-electron chi connectivity index (χ2n) is 16.9. The summed E-state index contributed by atoms with van der Waals surface area (Å²) < 4.78 is 1.96. The van der Waals surface area contributed by atoms with Crippen LogP contribution in [0.5, 0.6) is 0 Å². The molecule has 0 bridgehead atoms. The molecule has 2 heterocycles. The predicted molar refractivity (Wildman–Crippen MR) is 243 cm³/mol. The standard InChI is InChI=1S/C53H47N3O4/c1-52(2)45(54(33-47(57)58)43-29-25-35-15-11-13-21-41(35)49(43)52)31-27-37-23-24-38(51(37)56(39-17-7-5-8-18-39)40-19-9-6-10-20-40)28-32-46-53(3,4)50-42-22-14-12-16-36(42)26-30-44(50)55(46)34-48(59)60/h5-22,25-32H,23-24,33-34H2,1-4H3,(H-,57,58,59,60)/p+1. The molecule has 0 amide bonds. The van der Waals surface area contributed by atoms with Crippen LogP contribution >= 0.6 is 0 Å². The summed E-state index contributed by atoms with van der Waals surface area (Å²) in [4.78, 5) is 29.2. The number of fused-ring (bicyclic) bond motifs is 6. The molecule has 9 rings (SSSR count). The largest absolute Gasteiger partial charge is 0.480 e. The number of carboxylic acids is 2. The molecule has 0 saturated carbocycles. The number of carbonyl (C=O) groups is 2. The topological polar surface area (TPSA) is 84.1 Å². The van der Waals surface area contributed by atoms with Crippen molar-refractivity contribution in [3.63, 3.8) is 0 Å². The lowest BCUT2D eigenvalue weighted by Crippen LogP contribution is -2.30. The van der Waals surface area contributed by atoms with Crippen molar-refractivity contribution in [2.24, 2.45) is 0 Å². The van der Waals surface area contributed by atoms with E-state index in [1.807, 2.05) is 45.9 Å². The zero-order chi connectivity index (χ0) is 41.8. The molecule has 60 heavy (non-hydrogen) atoms. The molecule has 0 spiro atoms. The van der Waals surface area contributed by atoms with E-state index in [9.17, 15) is 19.8 Å². The first-order chi connectivity index (χ1) is 28.9. The van der Waals surface area contributed by atoms with Gasteiger partial charge in [0.15, 0.2) is 5.71 Å². The van der Waals surface area contributed by atoms with Crippen LogP contribution in [-0.4, -0.2) is 45.5 Å². The van der Waals surface area contributed by atoms with Crippen molar-refractivity contribution in [3.05, 3.63) is 191 Å². The molecule has 0 atom stereocenters. The molecule has 0 saturated heterocycles. The van der Waals surface area contributed by atoms with Crippen molar-refractivity contribution < 1.29 is 24.4 Å². The molecule has 7 nitrogen and oxygen atoms in total. The van der Waals surface area contributed by atoms with Crippen LogP contribution < -0.4 is 9.80 Å². The highest BCUT2D eigenvalue weighted by Gasteiger charge is 2.46. The Morgan fingerprint density at radius 2 is 1.23 bits per heavy atom. The van der Waals surface area contributed by atoms with E-state index in [0.717, 1.165) is 96.5 Å². The van der Waals surface area contributed by atoms with E-state index in [2.05, 4.69) is 154 Å². The van der Waals surface area contributed by atoms with Gasteiger partial charge in [0.2, 0.25) is 12.2 Å². The third-order valence-electron chi connectivity index (χ3n) is 12.5. The zero-order valence-electron chi connectivity index (χ0n) is 34.4. The minimum absolute atomic E-state index is 0.153. The Balaban J connectivity index is 1.23. The number of hydrogen-bond acceptors (Lipinski definition) is 4. The van der Waals surface area contributed by atoms with E-state index in [1.165, 1.54) is 0 Å². The van der Waals surface area contributed by atoms with Gasteiger partial charge < -0.3 is 20.0 Å². The fraction of sp³-hybridized carbons (Fsp3) is 0.189.